The van der Waals surface area contributed by atoms with E-state index >= 15 is 0 Å². The smallest absolute Gasteiger partial charge is 0.372 e. The van der Waals surface area contributed by atoms with E-state index in [2.05, 4.69) is 16.5 Å². The molecule has 2 heterocycles. The first-order chi connectivity index (χ1) is 10.5. The van der Waals surface area contributed by atoms with Crippen molar-refractivity contribution in [3.63, 3.8) is 0 Å². The molecule has 2 aromatic rings. The fraction of sp³-hybridized carbons (Fsp3) is 0.400. The highest BCUT2D eigenvalue weighted by atomic mass is 32.1. The summed E-state index contributed by atoms with van der Waals surface area (Å²) in [7, 11) is 0. The molecule has 0 spiro atoms. The highest BCUT2D eigenvalue weighted by Crippen LogP contribution is 2.35. The second-order valence-electron chi connectivity index (χ2n) is 5.16. The van der Waals surface area contributed by atoms with Crippen LogP contribution in [0, 0.1) is 0 Å². The third-order valence-corrected chi connectivity index (χ3v) is 4.67. The van der Waals surface area contributed by atoms with E-state index in [4.69, 9.17) is 4.74 Å². The zero-order valence-corrected chi connectivity index (χ0v) is 12.6. The van der Waals surface area contributed by atoms with Crippen LogP contribution in [0.1, 0.15) is 12.0 Å². The lowest BCUT2D eigenvalue weighted by Gasteiger charge is -2.14. The Morgan fingerprint density at radius 1 is 1.45 bits per heavy atom. The van der Waals surface area contributed by atoms with Crippen LogP contribution in [0.25, 0.3) is 10.2 Å². The summed E-state index contributed by atoms with van der Waals surface area (Å²) in [6.45, 7) is 5.63. The van der Waals surface area contributed by atoms with E-state index in [0.29, 0.717) is 18.7 Å². The molecule has 7 heteroatoms. The maximum Gasteiger partial charge on any atom is 0.416 e. The summed E-state index contributed by atoms with van der Waals surface area (Å²) in [6.07, 6.45) is -1.62. The molecule has 3 rings (SSSR count). The minimum atomic E-state index is -4.34. The first-order valence-corrected chi connectivity index (χ1v) is 7.74. The maximum atomic E-state index is 12.7. The van der Waals surface area contributed by atoms with E-state index < -0.39 is 11.7 Å². The van der Waals surface area contributed by atoms with Gasteiger partial charge in [0.2, 0.25) is 0 Å². The van der Waals surface area contributed by atoms with Crippen LogP contribution in [-0.2, 0) is 10.9 Å². The first kappa shape index (κ1) is 15.3. The molecule has 0 N–H and O–H groups in total. The predicted molar refractivity (Wildman–Crippen MR) is 81.4 cm³/mol. The molecule has 1 atom stereocenters. The second-order valence-corrected chi connectivity index (χ2v) is 6.16. The van der Waals surface area contributed by atoms with Gasteiger partial charge < -0.3 is 9.64 Å². The van der Waals surface area contributed by atoms with Crippen molar-refractivity contribution in [2.75, 3.05) is 24.6 Å². The van der Waals surface area contributed by atoms with E-state index in [1.165, 1.54) is 17.4 Å². The Morgan fingerprint density at radius 2 is 2.27 bits per heavy atom. The molecule has 0 bridgehead atoms. The van der Waals surface area contributed by atoms with Crippen LogP contribution in [0.3, 0.4) is 0 Å². The molecule has 1 aromatic carbocycles. The van der Waals surface area contributed by atoms with Gasteiger partial charge >= 0.3 is 6.18 Å². The van der Waals surface area contributed by atoms with Gasteiger partial charge in [-0.05, 0) is 24.6 Å². The predicted octanol–water partition coefficient (Wildman–Crippen LogP) is 4.10. The van der Waals surface area contributed by atoms with Crippen LogP contribution < -0.4 is 4.90 Å². The first-order valence-electron chi connectivity index (χ1n) is 6.92. The normalized spacial score (nSPS) is 19.0. The minimum absolute atomic E-state index is 0.121. The number of hydrogen-bond donors (Lipinski definition) is 0. The van der Waals surface area contributed by atoms with Crippen LogP contribution in [-0.4, -0.2) is 30.8 Å². The van der Waals surface area contributed by atoms with Gasteiger partial charge in [0.1, 0.15) is 0 Å². The highest BCUT2D eigenvalue weighted by molar-refractivity contribution is 7.22. The van der Waals surface area contributed by atoms with Crippen LogP contribution >= 0.6 is 11.3 Å². The molecule has 3 nitrogen and oxygen atoms in total. The van der Waals surface area contributed by atoms with Gasteiger partial charge in [-0.2, -0.15) is 13.2 Å². The Bertz CT molecular complexity index is 683. The van der Waals surface area contributed by atoms with Crippen molar-refractivity contribution in [2.24, 2.45) is 0 Å². The van der Waals surface area contributed by atoms with Gasteiger partial charge in [0.15, 0.2) is 5.13 Å². The molecule has 22 heavy (non-hydrogen) atoms. The SMILES string of the molecule is C=CCOC1CCN(c2nc3cc(C(F)(F)F)ccc3s2)C1. The van der Waals surface area contributed by atoms with Gasteiger partial charge in [0, 0.05) is 13.1 Å². The Kier molecular flexibility index (Phi) is 4.10. The molecule has 1 aromatic heterocycles. The Labute approximate surface area is 130 Å². The Hall–Kier alpha value is -1.60. The Morgan fingerprint density at radius 3 is 3.00 bits per heavy atom. The topological polar surface area (TPSA) is 25.4 Å². The Balaban J connectivity index is 1.79. The molecule has 1 unspecified atom stereocenters. The van der Waals surface area contributed by atoms with Gasteiger partial charge in [-0.3, -0.25) is 0 Å². The van der Waals surface area contributed by atoms with Crippen molar-refractivity contribution in [3.05, 3.63) is 36.4 Å². The summed E-state index contributed by atoms with van der Waals surface area (Å²) >= 11 is 1.41. The molecule has 1 fully saturated rings. The van der Waals surface area contributed by atoms with Crippen LogP contribution in [0.2, 0.25) is 0 Å². The summed E-state index contributed by atoms with van der Waals surface area (Å²) < 4.78 is 44.6. The number of thiazole rings is 1. The molecule has 0 radical (unpaired) electrons. The molecular weight excluding hydrogens is 313 g/mol. The summed E-state index contributed by atoms with van der Waals surface area (Å²) in [5.41, 5.74) is -0.268. The number of benzene rings is 1. The maximum absolute atomic E-state index is 12.7. The zero-order valence-electron chi connectivity index (χ0n) is 11.8. The third kappa shape index (κ3) is 3.10. The number of halogens is 3. The van der Waals surface area contributed by atoms with Gasteiger partial charge in [0.25, 0.3) is 0 Å². The number of nitrogens with zero attached hydrogens (tertiary/aromatic N) is 2. The number of aromatic nitrogens is 1. The van der Waals surface area contributed by atoms with Gasteiger partial charge in [0.05, 0.1) is 28.5 Å². The summed E-state index contributed by atoms with van der Waals surface area (Å²) in [6, 6.07) is 3.70. The molecular formula is C15H15F3N2OS. The standard InChI is InChI=1S/C15H15F3N2OS/c1-2-7-21-11-5-6-20(9-11)14-19-12-8-10(15(16,17)18)3-4-13(12)22-14/h2-4,8,11H,1,5-7,9H2. The highest BCUT2D eigenvalue weighted by Gasteiger charge is 2.31. The van der Waals surface area contributed by atoms with Gasteiger partial charge in [-0.25, -0.2) is 4.98 Å². The van der Waals surface area contributed by atoms with E-state index in [1.807, 2.05) is 0 Å². The fourth-order valence-corrected chi connectivity index (χ4v) is 3.45. The number of anilines is 1. The van der Waals surface area contributed by atoms with E-state index in [0.717, 1.165) is 34.9 Å². The monoisotopic (exact) mass is 328 g/mol. The van der Waals surface area contributed by atoms with Gasteiger partial charge in [-0.1, -0.05) is 17.4 Å². The summed E-state index contributed by atoms with van der Waals surface area (Å²) in [5.74, 6) is 0. The lowest BCUT2D eigenvalue weighted by molar-refractivity contribution is -0.137. The molecule has 0 aliphatic carbocycles. The molecule has 1 aliphatic heterocycles. The number of fused-ring (bicyclic) bond motifs is 1. The second kappa shape index (κ2) is 5.89. The van der Waals surface area contributed by atoms with Gasteiger partial charge in [-0.15, -0.1) is 6.58 Å². The average Bonchev–Trinajstić information content (AvgIpc) is 3.09. The summed E-state index contributed by atoms with van der Waals surface area (Å²) in [5, 5.41) is 0.749. The molecule has 1 aliphatic rings. The largest absolute Gasteiger partial charge is 0.416 e. The fourth-order valence-electron chi connectivity index (χ4n) is 2.47. The van der Waals surface area contributed by atoms with Crippen LogP contribution in [0.5, 0.6) is 0 Å². The van der Waals surface area contributed by atoms with E-state index in [9.17, 15) is 13.2 Å². The van der Waals surface area contributed by atoms with Crippen molar-refractivity contribution < 1.29 is 17.9 Å². The average molecular weight is 328 g/mol. The molecule has 118 valence electrons. The quantitative estimate of drug-likeness (QED) is 0.790. The summed E-state index contributed by atoms with van der Waals surface area (Å²) in [4.78, 5) is 6.41. The van der Waals surface area contributed by atoms with Crippen molar-refractivity contribution in [2.45, 2.75) is 18.7 Å². The van der Waals surface area contributed by atoms with Crippen LogP contribution in [0.15, 0.2) is 30.9 Å². The van der Waals surface area contributed by atoms with Crippen molar-refractivity contribution in [3.8, 4) is 0 Å². The van der Waals surface area contributed by atoms with Crippen LogP contribution in [0.4, 0.5) is 18.3 Å². The van der Waals surface area contributed by atoms with E-state index in [1.54, 1.807) is 6.08 Å². The van der Waals surface area contributed by atoms with Crippen molar-refractivity contribution in [1.82, 2.24) is 4.98 Å². The number of hydrogen-bond acceptors (Lipinski definition) is 4. The zero-order chi connectivity index (χ0) is 15.7. The third-order valence-electron chi connectivity index (χ3n) is 3.57. The number of ether oxygens (including phenoxy) is 1. The minimum Gasteiger partial charge on any atom is -0.372 e. The van der Waals surface area contributed by atoms with Crippen molar-refractivity contribution in [1.29, 1.82) is 0 Å². The number of rotatable bonds is 4. The molecule has 0 saturated carbocycles. The molecule has 1 saturated heterocycles. The molecule has 0 amide bonds. The lowest BCUT2D eigenvalue weighted by Crippen LogP contribution is -2.22. The van der Waals surface area contributed by atoms with E-state index in [-0.39, 0.29) is 6.10 Å². The lowest BCUT2D eigenvalue weighted by atomic mass is 10.2. The number of alkyl halides is 3. The van der Waals surface area contributed by atoms with Crippen molar-refractivity contribution >= 4 is 26.7 Å².